The molecule has 6 heteroatoms. The quantitative estimate of drug-likeness (QED) is 0.724. The van der Waals surface area contributed by atoms with Gasteiger partial charge in [0.1, 0.15) is 11.6 Å². The summed E-state index contributed by atoms with van der Waals surface area (Å²) in [6, 6.07) is 5.52. The van der Waals surface area contributed by atoms with Gasteiger partial charge in [0.15, 0.2) is 0 Å². The van der Waals surface area contributed by atoms with Crippen LogP contribution in [0.4, 0.5) is 0 Å². The van der Waals surface area contributed by atoms with E-state index in [1.807, 2.05) is 23.2 Å². The zero-order valence-corrected chi connectivity index (χ0v) is 17.2. The number of halogens is 1. The number of hydrogen-bond acceptors (Lipinski definition) is 3. The Morgan fingerprint density at radius 2 is 2.08 bits per heavy atom. The maximum absolute atomic E-state index is 12.9. The molecule has 0 unspecified atom stereocenters. The maximum Gasteiger partial charge on any atom is 0.255 e. The van der Waals surface area contributed by atoms with Gasteiger partial charge in [0.05, 0.1) is 12.7 Å². The van der Waals surface area contributed by atoms with Crippen LogP contribution in [0.3, 0.4) is 0 Å². The molecule has 0 saturated carbocycles. The number of carbonyl (C=O) groups is 1. The van der Waals surface area contributed by atoms with Crippen molar-refractivity contribution >= 4 is 21.8 Å². The first kappa shape index (κ1) is 19.0. The molecule has 1 aliphatic rings. The molecule has 2 heterocycles. The Balaban J connectivity index is 1.61. The number of imidazole rings is 1. The fourth-order valence-corrected chi connectivity index (χ4v) is 3.95. The Kier molecular flexibility index (Phi) is 6.01. The van der Waals surface area contributed by atoms with Crippen LogP contribution in [-0.2, 0) is 6.54 Å². The van der Waals surface area contributed by atoms with Crippen LogP contribution in [0.15, 0.2) is 35.1 Å². The fourth-order valence-electron chi connectivity index (χ4n) is 3.54. The molecule has 140 valence electrons. The zero-order chi connectivity index (χ0) is 18.7. The van der Waals surface area contributed by atoms with E-state index >= 15 is 0 Å². The third kappa shape index (κ3) is 4.11. The average Bonchev–Trinajstić information content (AvgIpc) is 3.11. The van der Waals surface area contributed by atoms with E-state index < -0.39 is 0 Å². The van der Waals surface area contributed by atoms with Crippen molar-refractivity contribution in [3.8, 4) is 5.75 Å². The first-order valence-electron chi connectivity index (χ1n) is 9.13. The maximum atomic E-state index is 12.9. The van der Waals surface area contributed by atoms with Crippen LogP contribution >= 0.6 is 15.9 Å². The number of piperidine rings is 1. The van der Waals surface area contributed by atoms with Crippen LogP contribution in [0.2, 0.25) is 0 Å². The number of carbonyl (C=O) groups excluding carboxylic acids is 1. The first-order valence-corrected chi connectivity index (χ1v) is 9.92. The monoisotopic (exact) mass is 419 g/mol. The van der Waals surface area contributed by atoms with Gasteiger partial charge in [-0.1, -0.05) is 13.8 Å². The lowest BCUT2D eigenvalue weighted by Crippen LogP contribution is -2.39. The van der Waals surface area contributed by atoms with Crippen molar-refractivity contribution in [2.45, 2.75) is 39.2 Å². The van der Waals surface area contributed by atoms with E-state index in [9.17, 15) is 4.79 Å². The molecule has 1 saturated heterocycles. The van der Waals surface area contributed by atoms with Gasteiger partial charge in [-0.15, -0.1) is 0 Å². The molecule has 1 aliphatic heterocycles. The van der Waals surface area contributed by atoms with Gasteiger partial charge in [-0.25, -0.2) is 4.98 Å². The third-order valence-corrected chi connectivity index (χ3v) is 5.72. The standard InChI is InChI=1S/C20H26BrN3O2/c1-14(2)19-22-8-11-24(19)13-15-6-9-23(10-7-15)20(25)17-12-16(26-3)4-5-18(17)21/h4-5,8,11-12,14-15H,6-7,9-10,13H2,1-3H3. The fraction of sp³-hybridized carbons (Fsp3) is 0.500. The van der Waals surface area contributed by atoms with Crippen molar-refractivity contribution in [1.82, 2.24) is 14.5 Å². The normalized spacial score (nSPS) is 15.5. The van der Waals surface area contributed by atoms with Crippen molar-refractivity contribution in [2.75, 3.05) is 20.2 Å². The van der Waals surface area contributed by atoms with Crippen LogP contribution in [0.25, 0.3) is 0 Å². The Morgan fingerprint density at radius 1 is 1.35 bits per heavy atom. The van der Waals surface area contributed by atoms with E-state index in [2.05, 4.69) is 45.5 Å². The Morgan fingerprint density at radius 3 is 2.73 bits per heavy atom. The highest BCUT2D eigenvalue weighted by Crippen LogP contribution is 2.27. The molecule has 1 amide bonds. The summed E-state index contributed by atoms with van der Waals surface area (Å²) in [6.45, 7) is 6.91. The summed E-state index contributed by atoms with van der Waals surface area (Å²) < 4.78 is 8.33. The molecule has 0 bridgehead atoms. The lowest BCUT2D eigenvalue weighted by Gasteiger charge is -2.32. The largest absolute Gasteiger partial charge is 0.497 e. The number of amides is 1. The number of methoxy groups -OCH3 is 1. The van der Waals surface area contributed by atoms with E-state index in [0.29, 0.717) is 23.1 Å². The van der Waals surface area contributed by atoms with Crippen molar-refractivity contribution < 1.29 is 9.53 Å². The van der Waals surface area contributed by atoms with Gasteiger partial charge >= 0.3 is 0 Å². The number of benzene rings is 1. The smallest absolute Gasteiger partial charge is 0.255 e. The number of ether oxygens (including phenoxy) is 1. The van der Waals surface area contributed by atoms with E-state index in [1.165, 1.54) is 0 Å². The molecule has 3 rings (SSSR count). The van der Waals surface area contributed by atoms with Gasteiger partial charge in [-0.05, 0) is 52.9 Å². The van der Waals surface area contributed by atoms with Gasteiger partial charge in [-0.2, -0.15) is 0 Å². The topological polar surface area (TPSA) is 47.4 Å². The molecule has 0 atom stereocenters. The summed E-state index contributed by atoms with van der Waals surface area (Å²) in [5, 5.41) is 0. The van der Waals surface area contributed by atoms with Crippen LogP contribution in [0.5, 0.6) is 5.75 Å². The van der Waals surface area contributed by atoms with Crippen molar-refractivity contribution in [1.29, 1.82) is 0 Å². The van der Waals surface area contributed by atoms with Crippen LogP contribution in [-0.4, -0.2) is 40.6 Å². The first-order chi connectivity index (χ1) is 12.5. The van der Waals surface area contributed by atoms with Gasteiger partial charge in [-0.3, -0.25) is 4.79 Å². The van der Waals surface area contributed by atoms with Crippen LogP contribution < -0.4 is 4.74 Å². The minimum Gasteiger partial charge on any atom is -0.497 e. The van der Waals surface area contributed by atoms with Crippen LogP contribution in [0.1, 0.15) is 48.8 Å². The molecule has 2 aromatic rings. The van der Waals surface area contributed by atoms with E-state index in [4.69, 9.17) is 4.74 Å². The van der Waals surface area contributed by atoms with Crippen LogP contribution in [0, 0.1) is 5.92 Å². The molecule has 0 spiro atoms. The van der Waals surface area contributed by atoms with E-state index in [0.717, 1.165) is 42.8 Å². The Bertz CT molecular complexity index is 764. The summed E-state index contributed by atoms with van der Waals surface area (Å²) in [4.78, 5) is 19.3. The van der Waals surface area contributed by atoms with E-state index in [-0.39, 0.29) is 5.91 Å². The molecule has 0 aliphatic carbocycles. The molecular weight excluding hydrogens is 394 g/mol. The van der Waals surface area contributed by atoms with Crippen molar-refractivity contribution in [2.24, 2.45) is 5.92 Å². The highest BCUT2D eigenvalue weighted by Gasteiger charge is 2.26. The third-order valence-electron chi connectivity index (χ3n) is 5.02. The molecule has 1 aromatic heterocycles. The predicted octanol–water partition coefficient (Wildman–Crippen LogP) is 4.33. The Hall–Kier alpha value is -1.82. The Labute approximate surface area is 163 Å². The van der Waals surface area contributed by atoms with Gasteiger partial charge < -0.3 is 14.2 Å². The lowest BCUT2D eigenvalue weighted by atomic mass is 9.96. The predicted molar refractivity (Wildman–Crippen MR) is 106 cm³/mol. The number of hydrogen-bond donors (Lipinski definition) is 0. The lowest BCUT2D eigenvalue weighted by molar-refractivity contribution is 0.0681. The van der Waals surface area contributed by atoms with Gasteiger partial charge in [0, 0.05) is 42.4 Å². The molecule has 26 heavy (non-hydrogen) atoms. The number of aromatic nitrogens is 2. The minimum absolute atomic E-state index is 0.0692. The number of rotatable bonds is 5. The van der Waals surface area contributed by atoms with Gasteiger partial charge in [0.25, 0.3) is 5.91 Å². The zero-order valence-electron chi connectivity index (χ0n) is 15.6. The second-order valence-corrected chi connectivity index (χ2v) is 8.03. The second kappa shape index (κ2) is 8.25. The molecular formula is C20H26BrN3O2. The van der Waals surface area contributed by atoms with Crippen molar-refractivity contribution in [3.05, 3.63) is 46.5 Å². The summed E-state index contributed by atoms with van der Waals surface area (Å²) in [6.07, 6.45) is 5.99. The summed E-state index contributed by atoms with van der Waals surface area (Å²) in [5.41, 5.74) is 0.666. The summed E-state index contributed by atoms with van der Waals surface area (Å²) in [7, 11) is 1.62. The van der Waals surface area contributed by atoms with Gasteiger partial charge in [0.2, 0.25) is 0 Å². The summed E-state index contributed by atoms with van der Waals surface area (Å²) in [5.74, 6) is 2.92. The van der Waals surface area contributed by atoms with Crippen molar-refractivity contribution in [3.63, 3.8) is 0 Å². The highest BCUT2D eigenvalue weighted by molar-refractivity contribution is 9.10. The summed E-state index contributed by atoms with van der Waals surface area (Å²) >= 11 is 3.49. The second-order valence-electron chi connectivity index (χ2n) is 7.17. The molecule has 0 radical (unpaired) electrons. The molecule has 5 nitrogen and oxygen atoms in total. The molecule has 1 fully saturated rings. The molecule has 1 aromatic carbocycles. The highest BCUT2D eigenvalue weighted by atomic mass is 79.9. The minimum atomic E-state index is 0.0692. The molecule has 0 N–H and O–H groups in total. The number of nitrogens with zero attached hydrogens (tertiary/aromatic N) is 3. The van der Waals surface area contributed by atoms with E-state index in [1.54, 1.807) is 13.2 Å². The average molecular weight is 420 g/mol. The SMILES string of the molecule is COc1ccc(Br)c(C(=O)N2CCC(Cn3ccnc3C(C)C)CC2)c1. The number of likely N-dealkylation sites (tertiary alicyclic amines) is 1.